The molecule has 1 atom stereocenters. The fraction of sp³-hybridized carbons (Fsp3) is 0.500. The first-order valence-electron chi connectivity index (χ1n) is 10.7. The first kappa shape index (κ1) is 22.9. The highest BCUT2D eigenvalue weighted by Gasteiger charge is 2.27. The van der Waals surface area contributed by atoms with E-state index in [1.807, 2.05) is 55.5 Å². The van der Waals surface area contributed by atoms with E-state index in [1.54, 1.807) is 0 Å². The van der Waals surface area contributed by atoms with Crippen LogP contribution in [0.15, 0.2) is 53.4 Å². The van der Waals surface area contributed by atoms with Crippen molar-refractivity contribution >= 4 is 10.0 Å². The molecule has 1 heterocycles. The number of hydrogen-bond acceptors (Lipinski definition) is 4. The zero-order chi connectivity index (χ0) is 21.9. The van der Waals surface area contributed by atoms with Gasteiger partial charge in [-0.1, -0.05) is 63.2 Å². The fourth-order valence-corrected chi connectivity index (χ4v) is 5.28. The molecule has 0 aliphatic carbocycles. The summed E-state index contributed by atoms with van der Waals surface area (Å²) in [5.74, 6) is 0. The molecule has 2 aromatic carbocycles. The van der Waals surface area contributed by atoms with Crippen molar-refractivity contribution in [3.05, 3.63) is 65.2 Å². The van der Waals surface area contributed by atoms with Gasteiger partial charge < -0.3 is 4.90 Å². The summed E-state index contributed by atoms with van der Waals surface area (Å²) >= 11 is 0. The van der Waals surface area contributed by atoms with Gasteiger partial charge in [-0.15, -0.1) is 0 Å². The number of benzene rings is 2. The maximum absolute atomic E-state index is 13.5. The van der Waals surface area contributed by atoms with Gasteiger partial charge in [0.2, 0.25) is 10.0 Å². The van der Waals surface area contributed by atoms with E-state index < -0.39 is 10.0 Å². The Morgan fingerprint density at radius 1 is 1.00 bits per heavy atom. The van der Waals surface area contributed by atoms with Gasteiger partial charge in [-0.3, -0.25) is 4.90 Å². The van der Waals surface area contributed by atoms with E-state index in [-0.39, 0.29) is 11.5 Å². The average molecular weight is 430 g/mol. The van der Waals surface area contributed by atoms with Crippen LogP contribution in [0.25, 0.3) is 0 Å². The van der Waals surface area contributed by atoms with E-state index in [1.165, 1.54) is 0 Å². The molecule has 0 amide bonds. The van der Waals surface area contributed by atoms with Gasteiger partial charge in [0.15, 0.2) is 0 Å². The topological polar surface area (TPSA) is 52.7 Å². The summed E-state index contributed by atoms with van der Waals surface area (Å²) in [5.41, 5.74) is 2.66. The molecule has 1 aliphatic rings. The van der Waals surface area contributed by atoms with Crippen LogP contribution >= 0.6 is 0 Å². The Bertz CT molecular complexity index is 944. The number of nitrogens with zero attached hydrogens (tertiary/aromatic N) is 2. The Labute approximate surface area is 182 Å². The van der Waals surface area contributed by atoms with Crippen molar-refractivity contribution in [2.24, 2.45) is 0 Å². The van der Waals surface area contributed by atoms with Crippen molar-refractivity contribution in [3.8, 4) is 0 Å². The van der Waals surface area contributed by atoms with Crippen molar-refractivity contribution in [1.29, 1.82) is 0 Å². The molecule has 1 unspecified atom stereocenters. The van der Waals surface area contributed by atoms with E-state index in [2.05, 4.69) is 42.3 Å². The van der Waals surface area contributed by atoms with Gasteiger partial charge in [0, 0.05) is 32.7 Å². The smallest absolute Gasteiger partial charge is 0.241 e. The van der Waals surface area contributed by atoms with Crippen molar-refractivity contribution in [2.45, 2.75) is 44.0 Å². The number of aryl methyl sites for hydroxylation is 1. The molecule has 1 aliphatic heterocycles. The van der Waals surface area contributed by atoms with E-state index in [9.17, 15) is 8.42 Å². The van der Waals surface area contributed by atoms with Crippen LogP contribution in [0, 0.1) is 6.92 Å². The number of nitrogens with one attached hydrogen (secondary N) is 1. The summed E-state index contributed by atoms with van der Waals surface area (Å²) in [4.78, 5) is 5.02. The fourth-order valence-electron chi connectivity index (χ4n) is 3.79. The van der Waals surface area contributed by atoms with Crippen LogP contribution in [-0.2, 0) is 15.4 Å². The largest absolute Gasteiger partial charge is 0.304 e. The molecule has 0 radical (unpaired) electrons. The van der Waals surface area contributed by atoms with Crippen molar-refractivity contribution in [1.82, 2.24) is 14.5 Å². The van der Waals surface area contributed by atoms with Crippen LogP contribution in [-0.4, -0.2) is 58.0 Å². The minimum atomic E-state index is -3.67. The Hall–Kier alpha value is -1.73. The third-order valence-electron chi connectivity index (χ3n) is 5.88. The molecule has 0 bridgehead atoms. The highest BCUT2D eigenvalue weighted by atomic mass is 32.2. The molecule has 1 fully saturated rings. The van der Waals surface area contributed by atoms with Crippen LogP contribution in [0.1, 0.15) is 43.5 Å². The van der Waals surface area contributed by atoms with E-state index in [4.69, 9.17) is 0 Å². The summed E-state index contributed by atoms with van der Waals surface area (Å²) in [6.45, 7) is 12.7. The Kier molecular flexibility index (Phi) is 7.02. The lowest BCUT2D eigenvalue weighted by molar-refractivity contribution is 0.145. The minimum Gasteiger partial charge on any atom is -0.304 e. The van der Waals surface area contributed by atoms with Crippen molar-refractivity contribution in [2.75, 3.05) is 39.8 Å². The van der Waals surface area contributed by atoms with E-state index in [0.717, 1.165) is 42.9 Å². The second kappa shape index (κ2) is 9.18. The minimum absolute atomic E-state index is 0.114. The van der Waals surface area contributed by atoms with Gasteiger partial charge >= 0.3 is 0 Å². The van der Waals surface area contributed by atoms with E-state index >= 15 is 0 Å². The van der Waals surface area contributed by atoms with Gasteiger partial charge in [-0.05, 0) is 42.1 Å². The predicted octanol–water partition coefficient (Wildman–Crippen LogP) is 3.56. The second-order valence-electron chi connectivity index (χ2n) is 9.42. The van der Waals surface area contributed by atoms with E-state index in [0.29, 0.717) is 11.4 Å². The SMILES string of the molecule is Cc1ccc(C(C)(C)C)cc1S(=O)(=O)NC(CN1CCN(C)CC1)c1ccccc1. The molecule has 0 saturated carbocycles. The average Bonchev–Trinajstić information content (AvgIpc) is 2.69. The van der Waals surface area contributed by atoms with Gasteiger partial charge in [0.25, 0.3) is 0 Å². The number of likely N-dealkylation sites (N-methyl/N-ethyl adjacent to an activating group) is 1. The van der Waals surface area contributed by atoms with Crippen LogP contribution in [0.2, 0.25) is 0 Å². The highest BCUT2D eigenvalue weighted by molar-refractivity contribution is 7.89. The third-order valence-corrected chi connectivity index (χ3v) is 7.49. The summed E-state index contributed by atoms with van der Waals surface area (Å²) in [6, 6.07) is 15.4. The summed E-state index contributed by atoms with van der Waals surface area (Å²) in [6.07, 6.45) is 0. The zero-order valence-electron chi connectivity index (χ0n) is 18.9. The summed E-state index contributed by atoms with van der Waals surface area (Å²) < 4.78 is 30.0. The number of sulfonamides is 1. The predicted molar refractivity (Wildman–Crippen MR) is 123 cm³/mol. The number of piperazine rings is 1. The molecule has 1 N–H and O–H groups in total. The monoisotopic (exact) mass is 429 g/mol. The summed E-state index contributed by atoms with van der Waals surface area (Å²) in [5, 5.41) is 0. The zero-order valence-corrected chi connectivity index (χ0v) is 19.7. The second-order valence-corrected chi connectivity index (χ2v) is 11.1. The molecule has 6 heteroatoms. The lowest BCUT2D eigenvalue weighted by Gasteiger charge is -2.35. The van der Waals surface area contributed by atoms with Crippen LogP contribution < -0.4 is 4.72 Å². The summed E-state index contributed by atoms with van der Waals surface area (Å²) in [7, 11) is -1.54. The van der Waals surface area contributed by atoms with Crippen molar-refractivity contribution < 1.29 is 8.42 Å². The molecule has 3 rings (SSSR count). The number of rotatable bonds is 6. The van der Waals surface area contributed by atoms with Crippen molar-refractivity contribution in [3.63, 3.8) is 0 Å². The maximum atomic E-state index is 13.5. The van der Waals surface area contributed by atoms with Crippen LogP contribution in [0.5, 0.6) is 0 Å². The molecular formula is C24H35N3O2S. The molecule has 5 nitrogen and oxygen atoms in total. The van der Waals surface area contributed by atoms with Crippen LogP contribution in [0.4, 0.5) is 0 Å². The lowest BCUT2D eigenvalue weighted by atomic mass is 9.87. The third kappa shape index (κ3) is 5.70. The standard InChI is InChI=1S/C24H35N3O2S/c1-19-11-12-21(24(2,3)4)17-23(19)30(28,29)25-22(20-9-7-6-8-10-20)18-27-15-13-26(5)14-16-27/h6-12,17,22,25H,13-16,18H2,1-5H3. The molecule has 1 saturated heterocycles. The molecule has 2 aromatic rings. The lowest BCUT2D eigenvalue weighted by Crippen LogP contribution is -2.47. The Morgan fingerprint density at radius 3 is 2.23 bits per heavy atom. The Balaban J connectivity index is 1.90. The molecule has 0 spiro atoms. The molecular weight excluding hydrogens is 394 g/mol. The number of hydrogen-bond donors (Lipinski definition) is 1. The van der Waals surface area contributed by atoms with Gasteiger partial charge in [0.05, 0.1) is 10.9 Å². The van der Waals surface area contributed by atoms with Gasteiger partial charge in [0.1, 0.15) is 0 Å². The molecule has 164 valence electrons. The van der Waals surface area contributed by atoms with Gasteiger partial charge in [-0.25, -0.2) is 13.1 Å². The maximum Gasteiger partial charge on any atom is 0.241 e. The first-order chi connectivity index (χ1) is 14.1. The molecule has 30 heavy (non-hydrogen) atoms. The first-order valence-corrected chi connectivity index (χ1v) is 12.1. The quantitative estimate of drug-likeness (QED) is 0.763. The normalized spacial score (nSPS) is 17.8. The van der Waals surface area contributed by atoms with Crippen LogP contribution in [0.3, 0.4) is 0 Å². The highest BCUT2D eigenvalue weighted by Crippen LogP contribution is 2.28. The van der Waals surface area contributed by atoms with Gasteiger partial charge in [-0.2, -0.15) is 0 Å². The Morgan fingerprint density at radius 2 is 1.63 bits per heavy atom. The molecule has 0 aromatic heterocycles.